The average molecular weight is 264 g/mol. The molecule has 1 aromatic heterocycles. The molecular weight excluding hydrogens is 252 g/mol. The first-order chi connectivity index (χ1) is 8.49. The van der Waals surface area contributed by atoms with Gasteiger partial charge >= 0.3 is 0 Å². The average Bonchev–Trinajstić information content (AvgIpc) is 2.29. The van der Waals surface area contributed by atoms with Gasteiger partial charge in [0.05, 0.1) is 4.90 Å². The second-order valence-corrected chi connectivity index (χ2v) is 5.39. The number of hydrogen-bond donors (Lipinski definition) is 2. The molecule has 0 amide bonds. The smallest absolute Gasteiger partial charge is 0.263 e. The van der Waals surface area contributed by atoms with Crippen LogP contribution in [0.25, 0.3) is 0 Å². The Hall–Kier alpha value is -2.15. The summed E-state index contributed by atoms with van der Waals surface area (Å²) in [5.41, 5.74) is 6.68. The van der Waals surface area contributed by atoms with Crippen LogP contribution < -0.4 is 10.5 Å². The fraction of sp³-hybridized carbons (Fsp3) is 0.0909. The Bertz CT molecular complexity index is 656. The van der Waals surface area contributed by atoms with E-state index in [1.807, 2.05) is 0 Å². The van der Waals surface area contributed by atoms with Crippen molar-refractivity contribution in [1.29, 1.82) is 0 Å². The molecule has 18 heavy (non-hydrogen) atoms. The molecule has 6 nitrogen and oxygen atoms in total. The van der Waals surface area contributed by atoms with Gasteiger partial charge in [-0.3, -0.25) is 4.72 Å². The Morgan fingerprint density at radius 3 is 2.67 bits per heavy atom. The van der Waals surface area contributed by atoms with Crippen molar-refractivity contribution in [3.05, 3.63) is 42.1 Å². The van der Waals surface area contributed by atoms with E-state index in [1.165, 1.54) is 24.4 Å². The molecule has 0 bridgehead atoms. The summed E-state index contributed by atoms with van der Waals surface area (Å²) >= 11 is 0. The number of nitrogen functional groups attached to an aromatic ring is 1. The third kappa shape index (κ3) is 2.57. The van der Waals surface area contributed by atoms with E-state index in [4.69, 9.17) is 5.73 Å². The van der Waals surface area contributed by atoms with E-state index < -0.39 is 10.0 Å². The Balaban J connectivity index is 2.37. The zero-order valence-electron chi connectivity index (χ0n) is 9.66. The number of aromatic nitrogens is 2. The first kappa shape index (κ1) is 12.3. The van der Waals surface area contributed by atoms with Gasteiger partial charge in [-0.15, -0.1) is 5.10 Å². The van der Waals surface area contributed by atoms with Crippen molar-refractivity contribution in [1.82, 2.24) is 10.2 Å². The van der Waals surface area contributed by atoms with Crippen LogP contribution in [0.4, 0.5) is 11.5 Å². The maximum Gasteiger partial charge on any atom is 0.263 e. The lowest BCUT2D eigenvalue weighted by Crippen LogP contribution is -2.15. The Labute approximate surface area is 105 Å². The number of hydrogen-bond acceptors (Lipinski definition) is 5. The fourth-order valence-electron chi connectivity index (χ4n) is 1.52. The summed E-state index contributed by atoms with van der Waals surface area (Å²) in [6.07, 6.45) is 1.46. The minimum Gasteiger partial charge on any atom is -0.399 e. The van der Waals surface area contributed by atoms with Gasteiger partial charge in [0.25, 0.3) is 10.0 Å². The highest BCUT2D eigenvalue weighted by atomic mass is 32.2. The molecule has 0 spiro atoms. The molecule has 0 aliphatic rings. The summed E-state index contributed by atoms with van der Waals surface area (Å²) in [5, 5.41) is 7.27. The minimum atomic E-state index is -3.67. The van der Waals surface area contributed by atoms with Gasteiger partial charge in [-0.1, -0.05) is 0 Å². The van der Waals surface area contributed by atoms with Crippen LogP contribution in [0.5, 0.6) is 0 Å². The number of nitrogens with zero attached hydrogens (tertiary/aromatic N) is 2. The molecule has 0 radical (unpaired) electrons. The molecule has 0 saturated carbocycles. The van der Waals surface area contributed by atoms with Gasteiger partial charge in [0.15, 0.2) is 5.82 Å². The first-order valence-electron chi connectivity index (χ1n) is 5.16. The van der Waals surface area contributed by atoms with Crippen LogP contribution in [0.1, 0.15) is 5.56 Å². The van der Waals surface area contributed by atoms with E-state index in [9.17, 15) is 8.42 Å². The van der Waals surface area contributed by atoms with Gasteiger partial charge in [-0.05, 0) is 42.8 Å². The van der Waals surface area contributed by atoms with Crippen LogP contribution in [0, 0.1) is 6.92 Å². The van der Waals surface area contributed by atoms with Crippen molar-refractivity contribution in [2.24, 2.45) is 0 Å². The number of nitrogens with one attached hydrogen (secondary N) is 1. The predicted octanol–water partition coefficient (Wildman–Crippen LogP) is 1.17. The predicted molar refractivity (Wildman–Crippen MR) is 68.4 cm³/mol. The summed E-state index contributed by atoms with van der Waals surface area (Å²) in [4.78, 5) is 0.169. The van der Waals surface area contributed by atoms with E-state index in [0.717, 1.165) is 0 Å². The zero-order chi connectivity index (χ0) is 13.2. The van der Waals surface area contributed by atoms with E-state index >= 15 is 0 Å². The van der Waals surface area contributed by atoms with Crippen LogP contribution >= 0.6 is 0 Å². The lowest BCUT2D eigenvalue weighted by molar-refractivity contribution is 0.600. The SMILES string of the molecule is Cc1cc(N)ccc1S(=O)(=O)Nc1cccnn1. The largest absolute Gasteiger partial charge is 0.399 e. The number of nitrogens with two attached hydrogens (primary N) is 1. The van der Waals surface area contributed by atoms with Crippen molar-refractivity contribution in [2.75, 3.05) is 10.5 Å². The molecule has 7 heteroatoms. The van der Waals surface area contributed by atoms with E-state index in [2.05, 4.69) is 14.9 Å². The maximum atomic E-state index is 12.1. The van der Waals surface area contributed by atoms with Gasteiger partial charge in [-0.25, -0.2) is 8.42 Å². The number of anilines is 2. The number of benzene rings is 1. The van der Waals surface area contributed by atoms with E-state index in [-0.39, 0.29) is 10.7 Å². The molecule has 0 aliphatic heterocycles. The van der Waals surface area contributed by atoms with Gasteiger partial charge in [0.1, 0.15) is 0 Å². The Morgan fingerprint density at radius 2 is 2.06 bits per heavy atom. The quantitative estimate of drug-likeness (QED) is 0.811. The standard InChI is InChI=1S/C11H12N4O2S/c1-8-7-9(12)4-5-10(8)18(16,17)15-11-3-2-6-13-14-11/h2-7H,12H2,1H3,(H,14,15). The highest BCUT2D eigenvalue weighted by Gasteiger charge is 2.17. The van der Waals surface area contributed by atoms with Gasteiger partial charge < -0.3 is 5.73 Å². The van der Waals surface area contributed by atoms with Gasteiger partial charge in [-0.2, -0.15) is 5.10 Å². The minimum absolute atomic E-state index is 0.169. The zero-order valence-corrected chi connectivity index (χ0v) is 10.5. The lowest BCUT2D eigenvalue weighted by atomic mass is 10.2. The molecule has 1 aromatic carbocycles. The summed E-state index contributed by atoms with van der Waals surface area (Å²) in [5.74, 6) is 0.175. The molecule has 0 aliphatic carbocycles. The molecule has 0 atom stereocenters. The van der Waals surface area contributed by atoms with Crippen LogP contribution in [-0.2, 0) is 10.0 Å². The van der Waals surface area contributed by atoms with Crippen molar-refractivity contribution in [2.45, 2.75) is 11.8 Å². The van der Waals surface area contributed by atoms with Gasteiger partial charge in [0, 0.05) is 11.9 Å². The second kappa shape index (κ2) is 4.61. The molecular formula is C11H12N4O2S. The highest BCUT2D eigenvalue weighted by molar-refractivity contribution is 7.92. The van der Waals surface area contributed by atoms with Crippen molar-refractivity contribution in [3.63, 3.8) is 0 Å². The molecule has 3 N–H and O–H groups in total. The summed E-state index contributed by atoms with van der Waals surface area (Å²) < 4.78 is 26.6. The molecule has 1 heterocycles. The first-order valence-corrected chi connectivity index (χ1v) is 6.64. The van der Waals surface area contributed by atoms with Crippen molar-refractivity contribution in [3.8, 4) is 0 Å². The molecule has 0 saturated heterocycles. The van der Waals surface area contributed by atoms with Crippen molar-refractivity contribution < 1.29 is 8.42 Å². The molecule has 0 unspecified atom stereocenters. The molecule has 2 rings (SSSR count). The fourth-order valence-corrected chi connectivity index (χ4v) is 2.75. The van der Waals surface area contributed by atoms with Crippen LogP contribution in [0.15, 0.2) is 41.4 Å². The maximum absolute atomic E-state index is 12.1. The lowest BCUT2D eigenvalue weighted by Gasteiger charge is -2.09. The normalized spacial score (nSPS) is 11.2. The highest BCUT2D eigenvalue weighted by Crippen LogP contribution is 2.19. The number of aryl methyl sites for hydroxylation is 1. The third-order valence-electron chi connectivity index (χ3n) is 2.30. The van der Waals surface area contributed by atoms with Crippen LogP contribution in [-0.4, -0.2) is 18.6 Å². The van der Waals surface area contributed by atoms with E-state index in [0.29, 0.717) is 11.3 Å². The summed E-state index contributed by atoms with van der Waals surface area (Å²) in [7, 11) is -3.67. The van der Waals surface area contributed by atoms with E-state index in [1.54, 1.807) is 19.1 Å². The second-order valence-electron chi connectivity index (χ2n) is 3.74. The summed E-state index contributed by atoms with van der Waals surface area (Å²) in [6.45, 7) is 1.68. The Kier molecular flexibility index (Phi) is 3.15. The third-order valence-corrected chi connectivity index (χ3v) is 3.81. The molecule has 0 fully saturated rings. The molecule has 2 aromatic rings. The van der Waals surface area contributed by atoms with Crippen molar-refractivity contribution >= 4 is 21.5 Å². The van der Waals surface area contributed by atoms with Gasteiger partial charge in [0.2, 0.25) is 0 Å². The van der Waals surface area contributed by atoms with Crippen LogP contribution in [0.3, 0.4) is 0 Å². The van der Waals surface area contributed by atoms with Crippen LogP contribution in [0.2, 0.25) is 0 Å². The summed E-state index contributed by atoms with van der Waals surface area (Å²) in [6, 6.07) is 7.73. The number of sulfonamides is 1. The number of rotatable bonds is 3. The molecule has 94 valence electrons. The topological polar surface area (TPSA) is 98.0 Å². The Morgan fingerprint density at radius 1 is 1.28 bits per heavy atom. The monoisotopic (exact) mass is 264 g/mol.